The van der Waals surface area contributed by atoms with E-state index >= 15 is 0 Å². The number of aromatic nitrogens is 3. The van der Waals surface area contributed by atoms with Crippen molar-refractivity contribution in [1.82, 2.24) is 15.0 Å². The van der Waals surface area contributed by atoms with Gasteiger partial charge in [0.1, 0.15) is 22.3 Å². The van der Waals surface area contributed by atoms with Gasteiger partial charge in [0.05, 0.1) is 11.1 Å². The third kappa shape index (κ3) is 4.30. The van der Waals surface area contributed by atoms with Crippen LogP contribution in [-0.4, -0.2) is 15.0 Å². The summed E-state index contributed by atoms with van der Waals surface area (Å²) in [5.74, 6) is 1.64. The molecule has 0 saturated carbocycles. The van der Waals surface area contributed by atoms with E-state index in [4.69, 9.17) is 23.8 Å². The van der Waals surface area contributed by atoms with Crippen LogP contribution in [0.5, 0.6) is 0 Å². The van der Waals surface area contributed by atoms with Gasteiger partial charge in [0.2, 0.25) is 0 Å². The number of thiophene rings is 1. The van der Waals surface area contributed by atoms with E-state index in [1.807, 2.05) is 84.1 Å². The van der Waals surface area contributed by atoms with E-state index in [1.165, 1.54) is 25.7 Å². The third-order valence-electron chi connectivity index (χ3n) is 9.77. The number of para-hydroxylation sites is 3. The molecule has 5 nitrogen and oxygen atoms in total. The zero-order chi connectivity index (χ0) is 33.5. The topological polar surface area (TPSA) is 65.0 Å². The number of benzene rings is 7. The van der Waals surface area contributed by atoms with E-state index in [0.717, 1.165) is 66.1 Å². The van der Waals surface area contributed by atoms with Gasteiger partial charge in [-0.25, -0.2) is 15.0 Å². The fourth-order valence-electron chi connectivity index (χ4n) is 7.44. The fraction of sp³-hybridized carbons (Fsp3) is 0. The van der Waals surface area contributed by atoms with Crippen LogP contribution in [0.2, 0.25) is 0 Å². The van der Waals surface area contributed by atoms with Gasteiger partial charge in [-0.1, -0.05) is 121 Å². The molecule has 0 atom stereocenters. The molecule has 11 aromatic rings. The van der Waals surface area contributed by atoms with Crippen molar-refractivity contribution >= 4 is 75.4 Å². The largest absolute Gasteiger partial charge is 0.455 e. The fourth-order valence-corrected chi connectivity index (χ4v) is 8.67. The SMILES string of the molecule is c1ccc(-c2nc(-c3cccc4c3oc3ccccc34)nc(-c3ccc(-c4cccc5c4sc4ccccc45)c4c3oc3ccccc34)n2)cc1. The Morgan fingerprint density at radius 2 is 0.941 bits per heavy atom. The summed E-state index contributed by atoms with van der Waals surface area (Å²) in [6.07, 6.45) is 0. The Morgan fingerprint density at radius 3 is 1.76 bits per heavy atom. The maximum Gasteiger partial charge on any atom is 0.167 e. The first-order valence-electron chi connectivity index (χ1n) is 16.9. The van der Waals surface area contributed by atoms with Gasteiger partial charge in [-0.15, -0.1) is 11.3 Å². The lowest BCUT2D eigenvalue weighted by Gasteiger charge is -2.11. The van der Waals surface area contributed by atoms with Crippen molar-refractivity contribution in [2.24, 2.45) is 0 Å². The van der Waals surface area contributed by atoms with Crippen molar-refractivity contribution in [2.45, 2.75) is 0 Å². The predicted molar refractivity (Wildman–Crippen MR) is 209 cm³/mol. The molecule has 0 saturated heterocycles. The molecule has 0 aliphatic rings. The molecule has 0 N–H and O–H groups in total. The van der Waals surface area contributed by atoms with Crippen LogP contribution in [0.25, 0.3) is 109 Å². The molecule has 0 amide bonds. The van der Waals surface area contributed by atoms with Crippen LogP contribution < -0.4 is 0 Å². The Kier molecular flexibility index (Phi) is 6.05. The van der Waals surface area contributed by atoms with Crippen LogP contribution in [0, 0.1) is 0 Å². The van der Waals surface area contributed by atoms with Crippen molar-refractivity contribution in [3.05, 3.63) is 152 Å². The summed E-state index contributed by atoms with van der Waals surface area (Å²) in [6, 6.07) is 52.0. The van der Waals surface area contributed by atoms with E-state index < -0.39 is 0 Å². The maximum absolute atomic E-state index is 6.76. The molecule has 238 valence electrons. The molecule has 0 fully saturated rings. The Bertz CT molecular complexity index is 3160. The lowest BCUT2D eigenvalue weighted by atomic mass is 9.95. The Morgan fingerprint density at radius 1 is 0.373 bits per heavy atom. The van der Waals surface area contributed by atoms with Crippen molar-refractivity contribution < 1.29 is 8.83 Å². The second kappa shape index (κ2) is 10.9. The first-order valence-corrected chi connectivity index (χ1v) is 17.7. The molecule has 7 aromatic carbocycles. The number of rotatable bonds is 4. The van der Waals surface area contributed by atoms with Crippen molar-refractivity contribution in [3.63, 3.8) is 0 Å². The number of hydrogen-bond donors (Lipinski definition) is 0. The van der Waals surface area contributed by atoms with Gasteiger partial charge in [0.15, 0.2) is 17.5 Å². The van der Waals surface area contributed by atoms with Crippen LogP contribution in [0.15, 0.2) is 160 Å². The summed E-state index contributed by atoms with van der Waals surface area (Å²) in [5, 5.41) is 6.69. The maximum atomic E-state index is 6.76. The number of fused-ring (bicyclic) bond motifs is 9. The molecule has 0 aliphatic carbocycles. The molecule has 0 bridgehead atoms. The van der Waals surface area contributed by atoms with Gasteiger partial charge in [-0.05, 0) is 35.9 Å². The lowest BCUT2D eigenvalue weighted by Crippen LogP contribution is -2.00. The van der Waals surface area contributed by atoms with Gasteiger partial charge in [-0.3, -0.25) is 0 Å². The summed E-state index contributed by atoms with van der Waals surface area (Å²) in [6.45, 7) is 0. The minimum absolute atomic E-state index is 0.530. The second-order valence-electron chi connectivity index (χ2n) is 12.7. The standard InChI is InChI=1S/C45H25N3O2S/c1-2-12-26(13-3-1)43-46-44(34-20-10-17-30-27-14-4-7-21-36(27)49-40(30)34)48-45(47-43)35-25-24-29(39-33-16-5-8-22-37(33)50-41(35)39)32-19-11-18-31-28-15-6-9-23-38(28)51-42(31)32/h1-25H. The molecule has 11 rings (SSSR count). The highest BCUT2D eigenvalue weighted by Crippen LogP contribution is 2.46. The smallest absolute Gasteiger partial charge is 0.167 e. The quantitative estimate of drug-likeness (QED) is 0.186. The average Bonchev–Trinajstić information content (AvgIpc) is 3.89. The van der Waals surface area contributed by atoms with E-state index in [9.17, 15) is 0 Å². The first kappa shape index (κ1) is 28.2. The molecule has 4 heterocycles. The predicted octanol–water partition coefficient (Wildman–Crippen LogP) is 12.7. The van der Waals surface area contributed by atoms with E-state index in [1.54, 1.807) is 0 Å². The lowest BCUT2D eigenvalue weighted by molar-refractivity contribution is 0.669. The van der Waals surface area contributed by atoms with Crippen LogP contribution >= 0.6 is 11.3 Å². The number of furan rings is 2. The van der Waals surface area contributed by atoms with E-state index in [0.29, 0.717) is 17.5 Å². The van der Waals surface area contributed by atoms with Gasteiger partial charge in [0.25, 0.3) is 0 Å². The second-order valence-corrected chi connectivity index (χ2v) is 13.7. The molecule has 6 heteroatoms. The van der Waals surface area contributed by atoms with Crippen molar-refractivity contribution in [3.8, 4) is 45.3 Å². The minimum Gasteiger partial charge on any atom is -0.455 e. The minimum atomic E-state index is 0.530. The number of hydrogen-bond acceptors (Lipinski definition) is 6. The molecule has 0 radical (unpaired) electrons. The van der Waals surface area contributed by atoms with Crippen LogP contribution in [-0.2, 0) is 0 Å². The van der Waals surface area contributed by atoms with Gasteiger partial charge in [-0.2, -0.15) is 0 Å². The zero-order valence-corrected chi connectivity index (χ0v) is 27.8. The summed E-state index contributed by atoms with van der Waals surface area (Å²) in [4.78, 5) is 15.3. The van der Waals surface area contributed by atoms with Crippen LogP contribution in [0.4, 0.5) is 0 Å². The Labute approximate surface area is 295 Å². The average molecular weight is 672 g/mol. The monoisotopic (exact) mass is 671 g/mol. The molecular weight excluding hydrogens is 647 g/mol. The number of nitrogens with zero attached hydrogens (tertiary/aromatic N) is 3. The van der Waals surface area contributed by atoms with E-state index in [-0.39, 0.29) is 0 Å². The molecular formula is C45H25N3O2S. The van der Waals surface area contributed by atoms with Crippen LogP contribution in [0.3, 0.4) is 0 Å². The molecule has 0 aliphatic heterocycles. The Hall–Kier alpha value is -6.63. The highest BCUT2D eigenvalue weighted by Gasteiger charge is 2.23. The highest BCUT2D eigenvalue weighted by atomic mass is 32.1. The normalized spacial score (nSPS) is 11.9. The summed E-state index contributed by atoms with van der Waals surface area (Å²) in [5.41, 5.74) is 7.91. The van der Waals surface area contributed by atoms with Crippen molar-refractivity contribution in [2.75, 3.05) is 0 Å². The van der Waals surface area contributed by atoms with Gasteiger partial charge >= 0.3 is 0 Å². The first-order chi connectivity index (χ1) is 25.3. The molecule has 4 aromatic heterocycles. The molecule has 0 spiro atoms. The van der Waals surface area contributed by atoms with Gasteiger partial charge < -0.3 is 8.83 Å². The Balaban J connectivity index is 1.19. The highest BCUT2D eigenvalue weighted by molar-refractivity contribution is 7.26. The third-order valence-corrected chi connectivity index (χ3v) is 11.0. The summed E-state index contributed by atoms with van der Waals surface area (Å²) >= 11 is 1.83. The van der Waals surface area contributed by atoms with Gasteiger partial charge in [0, 0.05) is 52.8 Å². The van der Waals surface area contributed by atoms with E-state index in [2.05, 4.69) is 78.9 Å². The summed E-state index contributed by atoms with van der Waals surface area (Å²) < 4.78 is 15.7. The molecule has 0 unspecified atom stereocenters. The molecule has 51 heavy (non-hydrogen) atoms. The zero-order valence-electron chi connectivity index (χ0n) is 27.0. The van der Waals surface area contributed by atoms with Crippen molar-refractivity contribution in [1.29, 1.82) is 0 Å². The van der Waals surface area contributed by atoms with Crippen LogP contribution in [0.1, 0.15) is 0 Å². The summed E-state index contributed by atoms with van der Waals surface area (Å²) in [7, 11) is 0.